The zero-order valence-electron chi connectivity index (χ0n) is 12.1. The Morgan fingerprint density at radius 1 is 1.35 bits per heavy atom. The highest BCUT2D eigenvalue weighted by Gasteiger charge is 2.26. The summed E-state index contributed by atoms with van der Waals surface area (Å²) < 4.78 is 13.1. The molecule has 1 heterocycles. The number of carbonyl (C=O) groups excluding carboxylic acids is 1. The van der Waals surface area contributed by atoms with Crippen molar-refractivity contribution in [3.05, 3.63) is 35.6 Å². The van der Waals surface area contributed by atoms with Gasteiger partial charge in [-0.1, -0.05) is 12.1 Å². The van der Waals surface area contributed by atoms with Gasteiger partial charge in [-0.25, -0.2) is 4.39 Å². The maximum atomic E-state index is 13.1. The van der Waals surface area contributed by atoms with Crippen LogP contribution >= 0.6 is 0 Å². The number of piperazine rings is 1. The van der Waals surface area contributed by atoms with Gasteiger partial charge >= 0.3 is 0 Å². The van der Waals surface area contributed by atoms with Crippen molar-refractivity contribution in [3.63, 3.8) is 0 Å². The summed E-state index contributed by atoms with van der Waals surface area (Å²) in [4.78, 5) is 16.0. The van der Waals surface area contributed by atoms with Crippen LogP contribution in [0.1, 0.15) is 19.4 Å². The lowest BCUT2D eigenvalue weighted by Gasteiger charge is -2.37. The normalized spacial score (nSPS) is 17.6. The Morgan fingerprint density at radius 2 is 2.10 bits per heavy atom. The number of hydrogen-bond acceptors (Lipinski definition) is 3. The molecule has 1 saturated heterocycles. The standard InChI is InChI=1S/C15H22FN3O/c1-15(2,17)11-18-6-7-19(14(20)10-18)9-12-4-3-5-13(16)8-12/h3-5,8H,6-7,9-11,17H2,1-2H3. The summed E-state index contributed by atoms with van der Waals surface area (Å²) in [5.41, 5.74) is 6.50. The molecule has 20 heavy (non-hydrogen) atoms. The average molecular weight is 279 g/mol. The Labute approximate surface area is 119 Å². The first-order chi connectivity index (χ1) is 9.33. The van der Waals surface area contributed by atoms with E-state index in [0.717, 1.165) is 12.1 Å². The molecule has 0 bridgehead atoms. The van der Waals surface area contributed by atoms with Crippen LogP contribution in [-0.4, -0.2) is 47.4 Å². The number of amides is 1. The number of hydrogen-bond donors (Lipinski definition) is 1. The van der Waals surface area contributed by atoms with Crippen LogP contribution in [0.15, 0.2) is 24.3 Å². The number of nitrogens with zero attached hydrogens (tertiary/aromatic N) is 2. The quantitative estimate of drug-likeness (QED) is 0.901. The molecule has 1 aromatic carbocycles. The van der Waals surface area contributed by atoms with Gasteiger partial charge in [0.2, 0.25) is 5.91 Å². The smallest absolute Gasteiger partial charge is 0.237 e. The Balaban J connectivity index is 1.92. The van der Waals surface area contributed by atoms with Crippen molar-refractivity contribution in [3.8, 4) is 0 Å². The molecule has 0 radical (unpaired) electrons. The molecule has 0 saturated carbocycles. The summed E-state index contributed by atoms with van der Waals surface area (Å²) in [7, 11) is 0. The minimum Gasteiger partial charge on any atom is -0.336 e. The van der Waals surface area contributed by atoms with E-state index in [1.165, 1.54) is 12.1 Å². The van der Waals surface area contributed by atoms with Crippen molar-refractivity contribution in [2.45, 2.75) is 25.9 Å². The highest BCUT2D eigenvalue weighted by atomic mass is 19.1. The van der Waals surface area contributed by atoms with E-state index in [9.17, 15) is 9.18 Å². The number of halogens is 1. The van der Waals surface area contributed by atoms with Gasteiger partial charge < -0.3 is 10.6 Å². The van der Waals surface area contributed by atoms with Gasteiger partial charge in [0.05, 0.1) is 6.54 Å². The van der Waals surface area contributed by atoms with Crippen LogP contribution in [0, 0.1) is 5.82 Å². The highest BCUT2D eigenvalue weighted by molar-refractivity contribution is 5.79. The van der Waals surface area contributed by atoms with E-state index >= 15 is 0 Å². The van der Waals surface area contributed by atoms with Crippen molar-refractivity contribution in [1.82, 2.24) is 9.80 Å². The maximum Gasteiger partial charge on any atom is 0.237 e. The van der Waals surface area contributed by atoms with Crippen LogP contribution in [0.25, 0.3) is 0 Å². The van der Waals surface area contributed by atoms with Crippen molar-refractivity contribution in [2.24, 2.45) is 5.73 Å². The molecule has 0 atom stereocenters. The molecule has 1 aliphatic rings. The largest absolute Gasteiger partial charge is 0.336 e. The number of benzene rings is 1. The second kappa shape index (κ2) is 5.89. The fourth-order valence-electron chi connectivity index (χ4n) is 2.49. The Hall–Kier alpha value is -1.46. The van der Waals surface area contributed by atoms with E-state index in [0.29, 0.717) is 26.2 Å². The Kier molecular flexibility index (Phi) is 4.40. The molecule has 0 spiro atoms. The van der Waals surface area contributed by atoms with E-state index in [4.69, 9.17) is 5.73 Å². The topological polar surface area (TPSA) is 49.6 Å². The predicted molar refractivity (Wildman–Crippen MR) is 76.5 cm³/mol. The third kappa shape index (κ3) is 4.28. The summed E-state index contributed by atoms with van der Waals surface area (Å²) in [6.45, 7) is 6.93. The molecular formula is C15H22FN3O. The van der Waals surface area contributed by atoms with Crippen LogP contribution in [0.4, 0.5) is 4.39 Å². The van der Waals surface area contributed by atoms with Gasteiger partial charge in [-0.3, -0.25) is 9.69 Å². The van der Waals surface area contributed by atoms with Crippen molar-refractivity contribution >= 4 is 5.91 Å². The van der Waals surface area contributed by atoms with E-state index < -0.39 is 0 Å². The molecule has 0 aliphatic carbocycles. The summed E-state index contributed by atoms with van der Waals surface area (Å²) >= 11 is 0. The second-order valence-corrected chi connectivity index (χ2v) is 6.14. The van der Waals surface area contributed by atoms with Gasteiger partial charge in [-0.05, 0) is 31.5 Å². The summed E-state index contributed by atoms with van der Waals surface area (Å²) in [5.74, 6) is -0.191. The minimum absolute atomic E-state index is 0.0739. The molecule has 4 nitrogen and oxygen atoms in total. The molecule has 2 N–H and O–H groups in total. The van der Waals surface area contributed by atoms with Crippen LogP contribution < -0.4 is 5.73 Å². The van der Waals surface area contributed by atoms with E-state index in [1.54, 1.807) is 11.0 Å². The SMILES string of the molecule is CC(C)(N)CN1CCN(Cc2cccc(F)c2)C(=O)C1. The van der Waals surface area contributed by atoms with Gasteiger partial charge in [0, 0.05) is 31.7 Å². The third-order valence-corrected chi connectivity index (χ3v) is 3.29. The van der Waals surface area contributed by atoms with E-state index in [1.807, 2.05) is 19.9 Å². The lowest BCUT2D eigenvalue weighted by molar-refractivity contribution is -0.136. The first kappa shape index (κ1) is 14.9. The van der Waals surface area contributed by atoms with Gasteiger partial charge in [0.25, 0.3) is 0 Å². The molecule has 110 valence electrons. The molecular weight excluding hydrogens is 257 g/mol. The molecule has 1 fully saturated rings. The van der Waals surface area contributed by atoms with Gasteiger partial charge in [0.1, 0.15) is 5.82 Å². The van der Waals surface area contributed by atoms with E-state index in [2.05, 4.69) is 4.90 Å². The third-order valence-electron chi connectivity index (χ3n) is 3.29. The first-order valence-corrected chi connectivity index (χ1v) is 6.87. The molecule has 5 heteroatoms. The van der Waals surface area contributed by atoms with Crippen molar-refractivity contribution < 1.29 is 9.18 Å². The summed E-state index contributed by atoms with van der Waals surface area (Å²) in [6, 6.07) is 6.39. The monoisotopic (exact) mass is 279 g/mol. The molecule has 0 unspecified atom stereocenters. The lowest BCUT2D eigenvalue weighted by Crippen LogP contribution is -2.55. The molecule has 1 aromatic rings. The number of rotatable bonds is 4. The van der Waals surface area contributed by atoms with Crippen molar-refractivity contribution in [1.29, 1.82) is 0 Å². The Bertz CT molecular complexity index is 484. The summed E-state index contributed by atoms with van der Waals surface area (Å²) in [5, 5.41) is 0. The van der Waals surface area contributed by atoms with Crippen LogP contribution in [-0.2, 0) is 11.3 Å². The van der Waals surface area contributed by atoms with Crippen LogP contribution in [0.5, 0.6) is 0 Å². The minimum atomic E-state index is -0.301. The van der Waals surface area contributed by atoms with Crippen LogP contribution in [0.2, 0.25) is 0 Å². The van der Waals surface area contributed by atoms with Gasteiger partial charge in [0.15, 0.2) is 0 Å². The van der Waals surface area contributed by atoms with Gasteiger partial charge in [-0.2, -0.15) is 0 Å². The second-order valence-electron chi connectivity index (χ2n) is 6.14. The number of carbonyl (C=O) groups is 1. The molecule has 1 aliphatic heterocycles. The van der Waals surface area contributed by atoms with E-state index in [-0.39, 0.29) is 17.3 Å². The zero-order chi connectivity index (χ0) is 14.8. The lowest BCUT2D eigenvalue weighted by atomic mass is 10.1. The molecule has 1 amide bonds. The number of nitrogens with two attached hydrogens (primary N) is 1. The zero-order valence-corrected chi connectivity index (χ0v) is 12.1. The Morgan fingerprint density at radius 3 is 2.70 bits per heavy atom. The van der Waals surface area contributed by atoms with Gasteiger partial charge in [-0.15, -0.1) is 0 Å². The maximum absolute atomic E-state index is 13.1. The fraction of sp³-hybridized carbons (Fsp3) is 0.533. The van der Waals surface area contributed by atoms with Crippen LogP contribution in [0.3, 0.4) is 0 Å². The highest BCUT2D eigenvalue weighted by Crippen LogP contribution is 2.12. The average Bonchev–Trinajstić information content (AvgIpc) is 2.31. The summed E-state index contributed by atoms with van der Waals surface area (Å²) in [6.07, 6.45) is 0. The predicted octanol–water partition coefficient (Wildman–Crippen LogP) is 1.21. The molecule has 2 rings (SSSR count). The van der Waals surface area contributed by atoms with Crippen molar-refractivity contribution in [2.75, 3.05) is 26.2 Å². The first-order valence-electron chi connectivity index (χ1n) is 6.87. The molecule has 0 aromatic heterocycles. The fourth-order valence-corrected chi connectivity index (χ4v) is 2.49.